The molecule has 3 unspecified atom stereocenters. The average molecular weight is 389 g/mol. The molecule has 0 spiro atoms. The fourth-order valence-electron chi connectivity index (χ4n) is 1.76. The highest BCUT2D eigenvalue weighted by atomic mass is 32.3. The summed E-state index contributed by atoms with van der Waals surface area (Å²) in [6.07, 6.45) is -6.29. The van der Waals surface area contributed by atoms with Crippen molar-refractivity contribution in [1.29, 1.82) is 0 Å². The molecule has 0 aromatic heterocycles. The second kappa shape index (κ2) is 9.07. The van der Waals surface area contributed by atoms with E-state index in [0.29, 0.717) is 11.8 Å². The largest absolute Gasteiger partial charge is 0.466 e. The molecule has 0 aliphatic carbocycles. The van der Waals surface area contributed by atoms with Crippen LogP contribution in [0.1, 0.15) is 6.42 Å². The smallest absolute Gasteiger partial charge is 0.394 e. The molecule has 11 nitrogen and oxygen atoms in total. The van der Waals surface area contributed by atoms with Gasteiger partial charge in [0.05, 0.1) is 12.7 Å². The van der Waals surface area contributed by atoms with E-state index in [-0.39, 0.29) is 11.5 Å². The summed E-state index contributed by atoms with van der Waals surface area (Å²) < 4.78 is 38.8. The highest BCUT2D eigenvalue weighted by molar-refractivity contribution is 8.14. The standard InChI is InChI=1S/C11H19NO10S2/c1-2-5(14)3-7(12-22-24(18,19)20)23-11-10(17)9(16)8(15)6(4-13)21-11/h2,5-6,8-11,13-17H,1,3-4H2,(H,18,19,20)/b12-7+/t5?,6?,8-,9?,10+,11+/m1/s1. The lowest BCUT2D eigenvalue weighted by atomic mass is 10.0. The summed E-state index contributed by atoms with van der Waals surface area (Å²) in [6.45, 7) is 2.67. The van der Waals surface area contributed by atoms with Gasteiger partial charge < -0.3 is 30.3 Å². The van der Waals surface area contributed by atoms with Crippen molar-refractivity contribution in [1.82, 2.24) is 0 Å². The number of aliphatic hydroxyl groups excluding tert-OH is 5. The van der Waals surface area contributed by atoms with Gasteiger partial charge >= 0.3 is 10.4 Å². The van der Waals surface area contributed by atoms with Crippen LogP contribution in [0.4, 0.5) is 0 Å². The normalized spacial score (nSPS) is 33.1. The van der Waals surface area contributed by atoms with E-state index >= 15 is 0 Å². The zero-order chi connectivity index (χ0) is 18.5. The first-order valence-electron chi connectivity index (χ1n) is 6.59. The first-order valence-corrected chi connectivity index (χ1v) is 8.84. The molecule has 0 aromatic rings. The molecule has 0 saturated carbocycles. The lowest BCUT2D eigenvalue weighted by molar-refractivity contribution is -0.205. The number of thioether (sulfide) groups is 1. The van der Waals surface area contributed by atoms with E-state index in [0.717, 1.165) is 6.08 Å². The van der Waals surface area contributed by atoms with Gasteiger partial charge in [-0.05, 0) is 0 Å². The van der Waals surface area contributed by atoms with Crippen LogP contribution in [0.25, 0.3) is 0 Å². The number of nitrogens with zero attached hydrogens (tertiary/aromatic N) is 1. The Balaban J connectivity index is 2.92. The number of ether oxygens (including phenoxy) is 1. The number of hydrogen-bond acceptors (Lipinski definition) is 11. The molecule has 1 aliphatic rings. The number of oxime groups is 1. The lowest BCUT2D eigenvalue weighted by Gasteiger charge is -2.39. The van der Waals surface area contributed by atoms with Gasteiger partial charge in [0, 0.05) is 6.42 Å². The quantitative estimate of drug-likeness (QED) is 0.0895. The van der Waals surface area contributed by atoms with Gasteiger partial charge in [0.15, 0.2) is 0 Å². The van der Waals surface area contributed by atoms with Gasteiger partial charge in [0.25, 0.3) is 0 Å². The molecule has 1 rings (SSSR count). The van der Waals surface area contributed by atoms with Crippen molar-refractivity contribution in [3.8, 4) is 0 Å². The zero-order valence-electron chi connectivity index (χ0n) is 12.2. The molecule has 0 aromatic carbocycles. The molecule has 24 heavy (non-hydrogen) atoms. The molecule has 0 radical (unpaired) electrons. The van der Waals surface area contributed by atoms with Gasteiger partial charge in [0.2, 0.25) is 0 Å². The molecule has 6 N–H and O–H groups in total. The van der Waals surface area contributed by atoms with Crippen LogP contribution in [0.2, 0.25) is 0 Å². The van der Waals surface area contributed by atoms with Crippen molar-refractivity contribution >= 4 is 27.2 Å². The van der Waals surface area contributed by atoms with Gasteiger partial charge in [-0.15, -0.1) is 6.58 Å². The molecule has 140 valence electrons. The van der Waals surface area contributed by atoms with Crippen molar-refractivity contribution in [2.45, 2.75) is 42.4 Å². The van der Waals surface area contributed by atoms with E-state index in [1.807, 2.05) is 0 Å². The molecule has 1 aliphatic heterocycles. The van der Waals surface area contributed by atoms with Crippen LogP contribution >= 0.6 is 11.8 Å². The minimum atomic E-state index is -4.89. The Morgan fingerprint density at radius 1 is 1.33 bits per heavy atom. The van der Waals surface area contributed by atoms with Crippen LogP contribution in [-0.2, 0) is 19.4 Å². The summed E-state index contributed by atoms with van der Waals surface area (Å²) in [5.41, 5.74) is -1.26. The monoisotopic (exact) mass is 389 g/mol. The number of hydrogen-bond donors (Lipinski definition) is 6. The Labute approximate surface area is 142 Å². The van der Waals surface area contributed by atoms with Crippen LogP contribution in [0.15, 0.2) is 17.8 Å². The Bertz CT molecular complexity index is 551. The van der Waals surface area contributed by atoms with Crippen molar-refractivity contribution in [3.63, 3.8) is 0 Å². The van der Waals surface area contributed by atoms with Gasteiger partial charge in [-0.1, -0.05) is 23.0 Å². The van der Waals surface area contributed by atoms with Crippen LogP contribution in [0, 0.1) is 0 Å². The topological polar surface area (TPSA) is 186 Å². The fraction of sp³-hybridized carbons (Fsp3) is 0.727. The Morgan fingerprint density at radius 2 is 1.96 bits per heavy atom. The minimum Gasteiger partial charge on any atom is -0.394 e. The van der Waals surface area contributed by atoms with Crippen LogP contribution in [0.3, 0.4) is 0 Å². The summed E-state index contributed by atoms with van der Waals surface area (Å²) >= 11 is 0.570. The van der Waals surface area contributed by atoms with Gasteiger partial charge in [-0.3, -0.25) is 4.55 Å². The highest BCUT2D eigenvalue weighted by Gasteiger charge is 2.44. The predicted octanol–water partition coefficient (Wildman–Crippen LogP) is -2.41. The van der Waals surface area contributed by atoms with Crippen LogP contribution < -0.4 is 0 Å². The fourth-order valence-corrected chi connectivity index (χ4v) is 3.10. The van der Waals surface area contributed by atoms with Gasteiger partial charge in [-0.25, -0.2) is 4.28 Å². The van der Waals surface area contributed by atoms with Crippen LogP contribution in [-0.4, -0.2) is 86.1 Å². The lowest BCUT2D eigenvalue weighted by Crippen LogP contribution is -2.57. The van der Waals surface area contributed by atoms with E-state index in [9.17, 15) is 28.8 Å². The molecule has 0 amide bonds. The summed E-state index contributed by atoms with van der Waals surface area (Å²) in [7, 11) is -4.89. The third kappa shape index (κ3) is 6.27. The van der Waals surface area contributed by atoms with Crippen molar-refractivity contribution in [2.24, 2.45) is 5.16 Å². The van der Waals surface area contributed by atoms with E-state index in [1.54, 1.807) is 0 Å². The van der Waals surface area contributed by atoms with E-state index in [1.165, 1.54) is 0 Å². The molecule has 1 fully saturated rings. The second-order valence-electron chi connectivity index (χ2n) is 4.81. The average Bonchev–Trinajstić information content (AvgIpc) is 2.52. The Kier molecular flexibility index (Phi) is 8.04. The summed E-state index contributed by atoms with van der Waals surface area (Å²) in [5.74, 6) is 0. The molecule has 1 saturated heterocycles. The number of aliphatic hydroxyl groups is 5. The van der Waals surface area contributed by atoms with E-state index in [4.69, 9.17) is 14.4 Å². The maximum Gasteiger partial charge on any atom is 0.466 e. The maximum absolute atomic E-state index is 10.6. The van der Waals surface area contributed by atoms with Gasteiger partial charge in [-0.2, -0.15) is 8.42 Å². The van der Waals surface area contributed by atoms with Crippen LogP contribution in [0.5, 0.6) is 0 Å². The zero-order valence-corrected chi connectivity index (χ0v) is 13.9. The maximum atomic E-state index is 10.6. The second-order valence-corrected chi connectivity index (χ2v) is 6.99. The van der Waals surface area contributed by atoms with Crippen molar-refractivity contribution in [3.05, 3.63) is 12.7 Å². The minimum absolute atomic E-state index is 0.218. The van der Waals surface area contributed by atoms with Gasteiger partial charge in [0.1, 0.15) is 34.9 Å². The predicted molar refractivity (Wildman–Crippen MR) is 82.2 cm³/mol. The summed E-state index contributed by atoms with van der Waals surface area (Å²) in [6, 6.07) is 0. The molecular formula is C11H19NO10S2. The number of rotatable bonds is 7. The summed E-state index contributed by atoms with van der Waals surface area (Å²) in [4.78, 5) is 0. The van der Waals surface area contributed by atoms with E-state index in [2.05, 4.69) is 16.0 Å². The molecule has 0 bridgehead atoms. The van der Waals surface area contributed by atoms with Crippen molar-refractivity contribution in [2.75, 3.05) is 6.61 Å². The molecule has 6 atom stereocenters. The first kappa shape index (κ1) is 21.3. The van der Waals surface area contributed by atoms with E-state index < -0.39 is 53.0 Å². The third-order valence-electron chi connectivity index (χ3n) is 2.99. The SMILES string of the molecule is C=CC(O)C/C(=N\OS(=O)(=O)O)S[C@@H]1OC(CO)[C@@H](O)C(O)[C@@H]1O. The Morgan fingerprint density at radius 3 is 2.46 bits per heavy atom. The molecule has 1 heterocycles. The summed E-state index contributed by atoms with van der Waals surface area (Å²) in [5, 5.41) is 50.8. The molecular weight excluding hydrogens is 370 g/mol. The first-order chi connectivity index (χ1) is 11.1. The third-order valence-corrected chi connectivity index (χ3v) is 4.39. The highest BCUT2D eigenvalue weighted by Crippen LogP contribution is 2.30. The van der Waals surface area contributed by atoms with Crippen molar-refractivity contribution < 1.29 is 47.5 Å². The Hall–Kier alpha value is -0.770. The molecule has 13 heteroatoms.